The molecule has 0 saturated carbocycles. The number of benzene rings is 2. The minimum atomic E-state index is -0.383. The zero-order valence-corrected chi connectivity index (χ0v) is 12.2. The highest BCUT2D eigenvalue weighted by atomic mass is 35.5. The molecule has 0 radical (unpaired) electrons. The lowest BCUT2D eigenvalue weighted by Crippen LogP contribution is -1.98. The molecule has 0 atom stereocenters. The average molecular weight is 305 g/mol. The molecule has 108 valence electrons. The average Bonchev–Trinajstić information content (AvgIpc) is 2.43. The summed E-state index contributed by atoms with van der Waals surface area (Å²) in [4.78, 5) is 0. The van der Waals surface area contributed by atoms with Crippen LogP contribution in [0.4, 0.5) is 4.39 Å². The molecule has 21 heavy (non-hydrogen) atoms. The van der Waals surface area contributed by atoms with Crippen LogP contribution in [0.25, 0.3) is 0 Å². The Balaban J connectivity index is 2.14. The van der Waals surface area contributed by atoms with Gasteiger partial charge in [0, 0.05) is 10.6 Å². The fourth-order valence-corrected chi connectivity index (χ4v) is 2.11. The highest BCUT2D eigenvalue weighted by molar-refractivity contribution is 6.30. The summed E-state index contributed by atoms with van der Waals surface area (Å²) in [7, 11) is 0. The van der Waals surface area contributed by atoms with Crippen molar-refractivity contribution < 1.29 is 14.2 Å². The van der Waals surface area contributed by atoms with E-state index in [1.807, 2.05) is 6.92 Å². The van der Waals surface area contributed by atoms with E-state index in [0.717, 1.165) is 5.56 Å². The molecule has 0 aliphatic rings. The van der Waals surface area contributed by atoms with Gasteiger partial charge in [0.25, 0.3) is 0 Å². The highest BCUT2D eigenvalue weighted by Crippen LogP contribution is 2.23. The number of aliphatic hydroxyl groups is 1. The lowest BCUT2D eigenvalue weighted by molar-refractivity contribution is 0.303. The summed E-state index contributed by atoms with van der Waals surface area (Å²) in [5, 5.41) is 9.31. The molecule has 0 fully saturated rings. The summed E-state index contributed by atoms with van der Waals surface area (Å²) in [6, 6.07) is 9.78. The Hall–Kier alpha value is -2.02. The zero-order valence-electron chi connectivity index (χ0n) is 11.5. The molecule has 4 heteroatoms. The van der Waals surface area contributed by atoms with Gasteiger partial charge in [0.1, 0.15) is 24.8 Å². The van der Waals surface area contributed by atoms with Crippen molar-refractivity contribution in [3.8, 4) is 17.6 Å². The maximum atomic E-state index is 13.5. The van der Waals surface area contributed by atoms with E-state index in [0.29, 0.717) is 21.9 Å². The predicted octanol–water partition coefficient (Wildman–Crippen LogP) is 3.71. The summed E-state index contributed by atoms with van der Waals surface area (Å²) in [5.41, 5.74) is 2.10. The fourth-order valence-electron chi connectivity index (χ4n) is 1.88. The van der Waals surface area contributed by atoms with Gasteiger partial charge in [-0.1, -0.05) is 23.4 Å². The number of hydrogen-bond acceptors (Lipinski definition) is 2. The van der Waals surface area contributed by atoms with Crippen LogP contribution in [0.2, 0.25) is 5.02 Å². The monoisotopic (exact) mass is 304 g/mol. The first-order valence-corrected chi connectivity index (χ1v) is 6.74. The summed E-state index contributed by atoms with van der Waals surface area (Å²) in [6.45, 7) is 1.87. The van der Waals surface area contributed by atoms with Crippen LogP contribution >= 0.6 is 11.6 Å². The van der Waals surface area contributed by atoms with Crippen LogP contribution in [0.1, 0.15) is 16.7 Å². The van der Waals surface area contributed by atoms with Crippen LogP contribution in [0.5, 0.6) is 5.75 Å². The lowest BCUT2D eigenvalue weighted by atomic mass is 10.1. The van der Waals surface area contributed by atoms with Crippen molar-refractivity contribution in [2.45, 2.75) is 13.5 Å². The third-order valence-corrected chi connectivity index (χ3v) is 3.04. The second-order valence-electron chi connectivity index (χ2n) is 4.51. The maximum Gasteiger partial charge on any atom is 0.124 e. The lowest BCUT2D eigenvalue weighted by Gasteiger charge is -2.10. The molecule has 0 unspecified atom stereocenters. The van der Waals surface area contributed by atoms with Gasteiger partial charge < -0.3 is 9.84 Å². The molecule has 1 N–H and O–H groups in total. The van der Waals surface area contributed by atoms with Gasteiger partial charge in [-0.05, 0) is 54.4 Å². The molecular weight excluding hydrogens is 291 g/mol. The largest absolute Gasteiger partial charge is 0.489 e. The topological polar surface area (TPSA) is 29.5 Å². The van der Waals surface area contributed by atoms with Gasteiger partial charge in [-0.2, -0.15) is 0 Å². The molecule has 0 aromatic heterocycles. The molecule has 2 aromatic rings. The van der Waals surface area contributed by atoms with E-state index in [-0.39, 0.29) is 19.0 Å². The minimum absolute atomic E-state index is 0.230. The molecule has 0 amide bonds. The van der Waals surface area contributed by atoms with Crippen LogP contribution < -0.4 is 4.74 Å². The Morgan fingerprint density at radius 3 is 2.76 bits per heavy atom. The Morgan fingerprint density at radius 2 is 2.05 bits per heavy atom. The summed E-state index contributed by atoms with van der Waals surface area (Å²) in [5.74, 6) is 5.49. The number of aryl methyl sites for hydroxylation is 1. The van der Waals surface area contributed by atoms with Crippen LogP contribution in [-0.4, -0.2) is 11.7 Å². The van der Waals surface area contributed by atoms with E-state index in [4.69, 9.17) is 21.4 Å². The molecule has 0 saturated heterocycles. The molecule has 2 rings (SSSR count). The molecule has 2 aromatic carbocycles. The van der Waals surface area contributed by atoms with Gasteiger partial charge in [0.15, 0.2) is 0 Å². The van der Waals surface area contributed by atoms with Crippen molar-refractivity contribution in [3.63, 3.8) is 0 Å². The van der Waals surface area contributed by atoms with Crippen molar-refractivity contribution >= 4 is 11.6 Å². The molecule has 0 aliphatic heterocycles. The Bertz CT molecular complexity index is 702. The quantitative estimate of drug-likeness (QED) is 0.876. The summed E-state index contributed by atoms with van der Waals surface area (Å²) < 4.78 is 19.2. The van der Waals surface area contributed by atoms with E-state index in [2.05, 4.69) is 11.8 Å². The smallest absolute Gasteiger partial charge is 0.124 e. The number of ether oxygens (including phenoxy) is 1. The first-order chi connectivity index (χ1) is 10.1. The SMILES string of the molecule is Cc1cc(Cl)ccc1OCc1cc(F)cc(C#CCO)c1. The third kappa shape index (κ3) is 4.49. The van der Waals surface area contributed by atoms with Gasteiger partial charge in [-0.25, -0.2) is 4.39 Å². The van der Waals surface area contributed by atoms with Gasteiger partial charge in [-0.3, -0.25) is 0 Å². The minimum Gasteiger partial charge on any atom is -0.489 e. The number of aliphatic hydroxyl groups excluding tert-OH is 1. The molecule has 0 spiro atoms. The summed E-state index contributed by atoms with van der Waals surface area (Å²) >= 11 is 5.88. The number of halogens is 2. The van der Waals surface area contributed by atoms with Gasteiger partial charge in [0.05, 0.1) is 0 Å². The predicted molar refractivity (Wildman–Crippen MR) is 80.9 cm³/mol. The van der Waals surface area contributed by atoms with Crippen LogP contribution in [0, 0.1) is 24.6 Å². The third-order valence-electron chi connectivity index (χ3n) is 2.80. The van der Waals surface area contributed by atoms with Gasteiger partial charge in [0.2, 0.25) is 0 Å². The van der Waals surface area contributed by atoms with Crippen molar-refractivity contribution in [2.75, 3.05) is 6.61 Å². The molecular formula is C17H14ClFO2. The molecule has 0 bridgehead atoms. The Morgan fingerprint density at radius 1 is 1.24 bits per heavy atom. The van der Waals surface area contributed by atoms with E-state index in [1.165, 1.54) is 12.1 Å². The van der Waals surface area contributed by atoms with Crippen molar-refractivity contribution in [1.29, 1.82) is 0 Å². The van der Waals surface area contributed by atoms with Crippen molar-refractivity contribution in [2.24, 2.45) is 0 Å². The first-order valence-electron chi connectivity index (χ1n) is 6.36. The standard InChI is InChI=1S/C17H14ClFO2/c1-12-7-15(18)4-5-17(12)21-11-14-8-13(3-2-6-20)9-16(19)10-14/h4-5,7-10,20H,6,11H2,1H3. The fraction of sp³-hybridized carbons (Fsp3) is 0.176. The Kier molecular flexibility index (Phi) is 5.21. The van der Waals surface area contributed by atoms with Gasteiger partial charge >= 0.3 is 0 Å². The van der Waals surface area contributed by atoms with Crippen molar-refractivity contribution in [3.05, 3.63) is 63.9 Å². The highest BCUT2D eigenvalue weighted by Gasteiger charge is 2.03. The van der Waals surface area contributed by atoms with E-state index < -0.39 is 0 Å². The van der Waals surface area contributed by atoms with Crippen LogP contribution in [-0.2, 0) is 6.61 Å². The van der Waals surface area contributed by atoms with Gasteiger partial charge in [-0.15, -0.1) is 0 Å². The number of rotatable bonds is 3. The van der Waals surface area contributed by atoms with Crippen molar-refractivity contribution in [1.82, 2.24) is 0 Å². The number of hydrogen-bond donors (Lipinski definition) is 1. The molecule has 2 nitrogen and oxygen atoms in total. The molecule has 0 aliphatic carbocycles. The summed E-state index contributed by atoms with van der Waals surface area (Å²) in [6.07, 6.45) is 0. The van der Waals surface area contributed by atoms with E-state index in [1.54, 1.807) is 24.3 Å². The maximum absolute atomic E-state index is 13.5. The zero-order chi connectivity index (χ0) is 15.2. The van der Waals surface area contributed by atoms with Crippen LogP contribution in [0.15, 0.2) is 36.4 Å². The second-order valence-corrected chi connectivity index (χ2v) is 4.94. The van der Waals surface area contributed by atoms with E-state index in [9.17, 15) is 4.39 Å². The van der Waals surface area contributed by atoms with E-state index >= 15 is 0 Å². The first kappa shape index (κ1) is 15.4. The Labute approximate surface area is 128 Å². The molecule has 0 heterocycles. The normalized spacial score (nSPS) is 9.90. The van der Waals surface area contributed by atoms with Crippen LogP contribution in [0.3, 0.4) is 0 Å². The second kappa shape index (κ2) is 7.12.